The summed E-state index contributed by atoms with van der Waals surface area (Å²) in [5, 5.41) is 0. The van der Waals surface area contributed by atoms with E-state index < -0.39 is 0 Å². The van der Waals surface area contributed by atoms with Crippen LogP contribution in [0.1, 0.15) is 52.4 Å². The molecule has 2 aliphatic heterocycles. The van der Waals surface area contributed by atoms with Gasteiger partial charge in [0.2, 0.25) is 6.29 Å². The molecule has 0 N–H and O–H groups in total. The third-order valence-corrected chi connectivity index (χ3v) is 3.52. The first-order valence-electron chi connectivity index (χ1n) is 6.07. The predicted molar refractivity (Wildman–Crippen MR) is 59.8 cm³/mol. The van der Waals surface area contributed by atoms with Gasteiger partial charge in [0, 0.05) is 6.42 Å². The molecular weight excluding hydrogens is 188 g/mol. The molecule has 0 spiro atoms. The van der Waals surface area contributed by atoms with Crippen LogP contribution in [0.4, 0.5) is 0 Å². The van der Waals surface area contributed by atoms with Gasteiger partial charge in [0.15, 0.2) is 0 Å². The van der Waals surface area contributed by atoms with E-state index in [9.17, 15) is 0 Å². The largest absolute Gasteiger partial charge is 0.342 e. The Hall–Kier alpha value is -0.0800. The molecule has 2 nitrogen and oxygen atoms in total. The summed E-state index contributed by atoms with van der Waals surface area (Å²) in [5.74, 6) is 0. The molecule has 2 heterocycles. The molecule has 0 unspecified atom stereocenters. The smallest absolute Gasteiger partial charge is 0.224 e. The van der Waals surface area contributed by atoms with Crippen molar-refractivity contribution in [3.63, 3.8) is 0 Å². The molecule has 1 aliphatic carbocycles. The molecule has 0 aromatic heterocycles. The molecule has 1 saturated carbocycles. The van der Waals surface area contributed by atoms with Crippen LogP contribution in [0.3, 0.4) is 0 Å². The van der Waals surface area contributed by atoms with Crippen molar-refractivity contribution in [2.24, 2.45) is 5.41 Å². The molecule has 0 aromatic rings. The van der Waals surface area contributed by atoms with Crippen LogP contribution in [0.15, 0.2) is 0 Å². The van der Waals surface area contributed by atoms with E-state index in [1.807, 2.05) is 0 Å². The Labute approximate surface area is 93.3 Å². The molecule has 3 aliphatic rings. The average molecular weight is 210 g/mol. The second kappa shape index (κ2) is 4.42. The van der Waals surface area contributed by atoms with Gasteiger partial charge < -0.3 is 9.47 Å². The van der Waals surface area contributed by atoms with Crippen molar-refractivity contribution >= 4 is 0 Å². The van der Waals surface area contributed by atoms with Crippen LogP contribution in [-0.2, 0) is 9.47 Å². The fourth-order valence-corrected chi connectivity index (χ4v) is 2.23. The fraction of sp³-hybridized carbons (Fsp3) is 0.846. The monoisotopic (exact) mass is 210 g/mol. The zero-order valence-corrected chi connectivity index (χ0v) is 9.92. The van der Waals surface area contributed by atoms with Gasteiger partial charge in [-0.2, -0.15) is 0 Å². The van der Waals surface area contributed by atoms with Gasteiger partial charge in [0.25, 0.3) is 0 Å². The minimum Gasteiger partial charge on any atom is -0.342 e. The van der Waals surface area contributed by atoms with Crippen molar-refractivity contribution < 1.29 is 9.47 Å². The first-order chi connectivity index (χ1) is 7.09. The zero-order chi connectivity index (χ0) is 10.9. The number of ether oxygens (including phenoxy) is 2. The van der Waals surface area contributed by atoms with Crippen molar-refractivity contribution in [2.45, 2.75) is 64.6 Å². The number of fused-ring (bicyclic) bond motifs is 4. The van der Waals surface area contributed by atoms with Gasteiger partial charge in [-0.25, -0.2) is 0 Å². The van der Waals surface area contributed by atoms with Gasteiger partial charge in [-0.05, 0) is 37.5 Å². The van der Waals surface area contributed by atoms with Crippen LogP contribution in [0, 0.1) is 18.6 Å². The average Bonchev–Trinajstić information content (AvgIpc) is 2.48. The van der Waals surface area contributed by atoms with E-state index in [0.29, 0.717) is 12.2 Å². The molecule has 2 heteroatoms. The van der Waals surface area contributed by atoms with E-state index >= 15 is 0 Å². The van der Waals surface area contributed by atoms with E-state index in [4.69, 9.17) is 9.47 Å². The second-order valence-electron chi connectivity index (χ2n) is 5.60. The van der Waals surface area contributed by atoms with E-state index in [-0.39, 0.29) is 5.41 Å². The molecular formula is C13H22O2. The minimum absolute atomic E-state index is 0.194. The lowest BCUT2D eigenvalue weighted by molar-refractivity contribution is -0.0789. The molecule has 3 rings (SSSR count). The van der Waals surface area contributed by atoms with Gasteiger partial charge in [0.1, 0.15) is 0 Å². The van der Waals surface area contributed by atoms with Gasteiger partial charge in [-0.15, -0.1) is 0 Å². The highest BCUT2D eigenvalue weighted by atomic mass is 16.7. The van der Waals surface area contributed by atoms with Crippen LogP contribution in [0.25, 0.3) is 0 Å². The zero-order valence-electron chi connectivity index (χ0n) is 9.92. The molecule has 2 bridgehead atoms. The third-order valence-electron chi connectivity index (χ3n) is 3.52. The standard InChI is InChI=1S/C13H22O2/c1-4-13(2,3)9-12-14-10-5-6-11(15-12)8-7-10/h10-11H,1,4-9H2,2-3H3. The van der Waals surface area contributed by atoms with E-state index in [0.717, 1.165) is 19.1 Å². The summed E-state index contributed by atoms with van der Waals surface area (Å²) in [4.78, 5) is 0. The summed E-state index contributed by atoms with van der Waals surface area (Å²) >= 11 is 0. The molecule has 3 fully saturated rings. The lowest BCUT2D eigenvalue weighted by Gasteiger charge is -2.27. The van der Waals surface area contributed by atoms with Crippen LogP contribution < -0.4 is 0 Å². The maximum Gasteiger partial charge on any atom is 0.224 e. The van der Waals surface area contributed by atoms with Crippen LogP contribution >= 0.6 is 0 Å². The van der Waals surface area contributed by atoms with Crippen molar-refractivity contribution in [3.8, 4) is 0 Å². The topological polar surface area (TPSA) is 18.5 Å². The predicted octanol–water partition coefficient (Wildman–Crippen LogP) is 3.47. The SMILES string of the molecule is [CH2]CC(C)(C)C[C]1OC2CCC(CC2)O1. The molecule has 86 valence electrons. The Bertz CT molecular complexity index is 191. The van der Waals surface area contributed by atoms with Gasteiger partial charge in [0.05, 0.1) is 12.2 Å². The van der Waals surface area contributed by atoms with Gasteiger partial charge in [-0.3, -0.25) is 0 Å². The van der Waals surface area contributed by atoms with Crippen molar-refractivity contribution in [3.05, 3.63) is 13.2 Å². The molecule has 2 radical (unpaired) electrons. The minimum atomic E-state index is 0.194. The van der Waals surface area contributed by atoms with Crippen molar-refractivity contribution in [1.82, 2.24) is 0 Å². The first-order valence-corrected chi connectivity index (χ1v) is 6.07. The molecule has 0 amide bonds. The van der Waals surface area contributed by atoms with E-state index in [1.54, 1.807) is 0 Å². The normalized spacial score (nSPS) is 33.0. The number of hydrogen-bond donors (Lipinski definition) is 0. The lowest BCUT2D eigenvalue weighted by Crippen LogP contribution is -2.20. The molecule has 0 atom stereocenters. The molecule has 2 saturated heterocycles. The third kappa shape index (κ3) is 2.94. The van der Waals surface area contributed by atoms with Crippen LogP contribution in [0.2, 0.25) is 0 Å². The second-order valence-corrected chi connectivity index (χ2v) is 5.60. The summed E-state index contributed by atoms with van der Waals surface area (Å²) in [5.41, 5.74) is 0.194. The highest BCUT2D eigenvalue weighted by Crippen LogP contribution is 2.39. The summed E-state index contributed by atoms with van der Waals surface area (Å²) in [7, 11) is 0. The summed E-state index contributed by atoms with van der Waals surface area (Å²) in [6.07, 6.45) is 8.17. The maximum atomic E-state index is 5.91. The Balaban J connectivity index is 1.93. The summed E-state index contributed by atoms with van der Waals surface area (Å²) in [6.45, 7) is 8.41. The summed E-state index contributed by atoms with van der Waals surface area (Å²) < 4.78 is 11.8. The number of hydrogen-bond acceptors (Lipinski definition) is 2. The van der Waals surface area contributed by atoms with Crippen molar-refractivity contribution in [2.75, 3.05) is 0 Å². The van der Waals surface area contributed by atoms with Crippen LogP contribution in [-0.4, -0.2) is 12.2 Å². The van der Waals surface area contributed by atoms with E-state index in [1.165, 1.54) is 25.7 Å². The van der Waals surface area contributed by atoms with E-state index in [2.05, 4.69) is 20.8 Å². The molecule has 15 heavy (non-hydrogen) atoms. The molecule has 0 aromatic carbocycles. The van der Waals surface area contributed by atoms with Gasteiger partial charge >= 0.3 is 0 Å². The fourth-order valence-electron chi connectivity index (χ4n) is 2.23. The van der Waals surface area contributed by atoms with Crippen LogP contribution in [0.5, 0.6) is 0 Å². The Kier molecular flexibility index (Phi) is 3.36. The Morgan fingerprint density at radius 1 is 1.13 bits per heavy atom. The Morgan fingerprint density at radius 2 is 1.60 bits per heavy atom. The summed E-state index contributed by atoms with van der Waals surface area (Å²) in [6, 6.07) is 0. The number of rotatable bonds is 3. The first kappa shape index (κ1) is 11.4. The highest BCUT2D eigenvalue weighted by molar-refractivity contribution is 4.87. The van der Waals surface area contributed by atoms with Gasteiger partial charge in [-0.1, -0.05) is 20.8 Å². The lowest BCUT2D eigenvalue weighted by atomic mass is 9.86. The Morgan fingerprint density at radius 3 is 2.00 bits per heavy atom. The highest BCUT2D eigenvalue weighted by Gasteiger charge is 2.35. The maximum absolute atomic E-state index is 5.91. The quantitative estimate of drug-likeness (QED) is 0.710. The van der Waals surface area contributed by atoms with Crippen molar-refractivity contribution in [1.29, 1.82) is 0 Å².